The minimum absolute atomic E-state index is 0.0767. The minimum Gasteiger partial charge on any atom is -0.326 e. The van der Waals surface area contributed by atoms with Crippen LogP contribution in [0.25, 0.3) is 16.9 Å². The number of benzene rings is 3. The van der Waals surface area contributed by atoms with Gasteiger partial charge in [0.1, 0.15) is 10.7 Å². The molecule has 2 heterocycles. The molecule has 3 aromatic carbocycles. The van der Waals surface area contributed by atoms with Gasteiger partial charge >= 0.3 is 0 Å². The van der Waals surface area contributed by atoms with E-state index >= 15 is 0 Å². The fraction of sp³-hybridized carbons (Fsp3) is 0.120. The Balaban J connectivity index is 1.47. The van der Waals surface area contributed by atoms with Crippen molar-refractivity contribution in [3.8, 4) is 16.9 Å². The molecule has 2 N–H and O–H groups in total. The molecule has 7 nitrogen and oxygen atoms in total. The zero-order valence-corrected chi connectivity index (χ0v) is 18.8. The van der Waals surface area contributed by atoms with Crippen LogP contribution in [0.15, 0.2) is 83.9 Å². The number of hydrogen-bond donors (Lipinski definition) is 2. The lowest BCUT2D eigenvalue weighted by Crippen LogP contribution is -2.26. The smallest absolute Gasteiger partial charge is 0.243 e. The van der Waals surface area contributed by atoms with Crippen molar-refractivity contribution in [1.82, 2.24) is 14.5 Å². The van der Waals surface area contributed by atoms with Gasteiger partial charge in [0, 0.05) is 36.0 Å². The normalized spacial score (nSPS) is 13.4. The number of carbonyl (C=O) groups is 1. The summed E-state index contributed by atoms with van der Waals surface area (Å²) in [4.78, 5) is 11.1. The maximum absolute atomic E-state index is 14.7. The van der Waals surface area contributed by atoms with E-state index < -0.39 is 20.7 Å². The Morgan fingerprint density at radius 1 is 1.00 bits per heavy atom. The summed E-state index contributed by atoms with van der Waals surface area (Å²) in [6, 6.07) is 21.3. The van der Waals surface area contributed by atoms with Crippen LogP contribution in [0.1, 0.15) is 17.5 Å². The molecule has 0 spiro atoms. The molecule has 0 saturated carbocycles. The number of carbonyl (C=O) groups excluding carboxylic acids is 1. The quantitative estimate of drug-likeness (QED) is 0.439. The molecule has 1 aliphatic heterocycles. The van der Waals surface area contributed by atoms with Gasteiger partial charge in [0.05, 0.1) is 11.4 Å². The van der Waals surface area contributed by atoms with E-state index in [9.17, 15) is 17.6 Å². The zero-order valence-electron chi connectivity index (χ0n) is 18.0. The van der Waals surface area contributed by atoms with Crippen LogP contribution in [0.2, 0.25) is 0 Å². The number of sulfonamides is 1. The molecule has 172 valence electrons. The van der Waals surface area contributed by atoms with Crippen molar-refractivity contribution in [1.29, 1.82) is 0 Å². The molecular weight excluding hydrogens is 455 g/mol. The summed E-state index contributed by atoms with van der Waals surface area (Å²) >= 11 is 0. The average Bonchev–Trinajstić information content (AvgIpc) is 3.28. The third-order valence-electron chi connectivity index (χ3n) is 5.65. The molecule has 1 amide bonds. The molecule has 0 unspecified atom stereocenters. The molecule has 0 radical (unpaired) electrons. The Bertz CT molecular complexity index is 1470. The second-order valence-corrected chi connectivity index (χ2v) is 9.70. The molecule has 34 heavy (non-hydrogen) atoms. The van der Waals surface area contributed by atoms with Gasteiger partial charge in [0.2, 0.25) is 15.9 Å². The average molecular weight is 477 g/mol. The van der Waals surface area contributed by atoms with Crippen molar-refractivity contribution in [3.05, 3.63) is 95.9 Å². The highest BCUT2D eigenvalue weighted by Crippen LogP contribution is 2.29. The lowest BCUT2D eigenvalue weighted by atomic mass is 10.0. The molecule has 0 bridgehead atoms. The van der Waals surface area contributed by atoms with Crippen LogP contribution in [0.3, 0.4) is 0 Å². The fourth-order valence-electron chi connectivity index (χ4n) is 3.93. The number of anilines is 1. The van der Waals surface area contributed by atoms with E-state index in [2.05, 4.69) is 15.1 Å². The number of nitrogens with zero attached hydrogens (tertiary/aromatic N) is 2. The Morgan fingerprint density at radius 2 is 1.71 bits per heavy atom. The summed E-state index contributed by atoms with van der Waals surface area (Å²) in [6.45, 7) is -0.0767. The monoisotopic (exact) mass is 476 g/mol. The molecule has 0 fully saturated rings. The highest BCUT2D eigenvalue weighted by atomic mass is 32.2. The molecule has 1 aliphatic rings. The lowest BCUT2D eigenvalue weighted by molar-refractivity contribution is -0.116. The maximum Gasteiger partial charge on any atom is 0.243 e. The van der Waals surface area contributed by atoms with Crippen molar-refractivity contribution in [2.75, 3.05) is 5.32 Å². The molecule has 4 aromatic rings. The Morgan fingerprint density at radius 3 is 2.44 bits per heavy atom. The van der Waals surface area contributed by atoms with Gasteiger partial charge in [-0.05, 0) is 36.2 Å². The fourth-order valence-corrected chi connectivity index (χ4v) is 5.04. The van der Waals surface area contributed by atoms with E-state index in [1.54, 1.807) is 10.9 Å². The molecule has 9 heteroatoms. The third kappa shape index (κ3) is 4.35. The number of para-hydroxylation sites is 1. The summed E-state index contributed by atoms with van der Waals surface area (Å²) in [5.41, 5.74) is 3.83. The predicted octanol–water partition coefficient (Wildman–Crippen LogP) is 4.04. The van der Waals surface area contributed by atoms with E-state index in [-0.39, 0.29) is 18.9 Å². The highest BCUT2D eigenvalue weighted by molar-refractivity contribution is 7.89. The molecule has 0 saturated heterocycles. The summed E-state index contributed by atoms with van der Waals surface area (Å²) < 4.78 is 45.0. The Labute approximate surface area is 196 Å². The van der Waals surface area contributed by atoms with Gasteiger partial charge in [0.15, 0.2) is 0 Å². The van der Waals surface area contributed by atoms with Crippen molar-refractivity contribution >= 4 is 21.6 Å². The number of fused-ring (bicyclic) bond motifs is 1. The SMILES string of the molecule is O=C1CCc2cc(S(=O)(=O)NCc3cn(-c4ccccc4)nc3-c3ccccc3)c(F)cc2N1. The first-order chi connectivity index (χ1) is 16.4. The van der Waals surface area contributed by atoms with E-state index in [4.69, 9.17) is 0 Å². The van der Waals surface area contributed by atoms with Crippen LogP contribution in [0.4, 0.5) is 10.1 Å². The second kappa shape index (κ2) is 8.85. The van der Waals surface area contributed by atoms with Crippen molar-refractivity contribution < 1.29 is 17.6 Å². The molecular formula is C25H21FN4O3S. The van der Waals surface area contributed by atoms with Crippen molar-refractivity contribution in [2.24, 2.45) is 0 Å². The van der Waals surface area contributed by atoms with E-state index in [0.717, 1.165) is 17.3 Å². The number of aryl methyl sites for hydroxylation is 1. The number of rotatable bonds is 6. The summed E-state index contributed by atoms with van der Waals surface area (Å²) in [6.07, 6.45) is 2.34. The van der Waals surface area contributed by atoms with Gasteiger partial charge in [0.25, 0.3) is 0 Å². The van der Waals surface area contributed by atoms with Gasteiger partial charge in [-0.25, -0.2) is 22.2 Å². The van der Waals surface area contributed by atoms with Gasteiger partial charge in [-0.1, -0.05) is 48.5 Å². The van der Waals surface area contributed by atoms with Crippen LogP contribution < -0.4 is 10.0 Å². The summed E-state index contributed by atoms with van der Waals surface area (Å²) in [7, 11) is -4.17. The highest BCUT2D eigenvalue weighted by Gasteiger charge is 2.25. The van der Waals surface area contributed by atoms with Crippen LogP contribution in [0, 0.1) is 5.82 Å². The number of nitrogens with one attached hydrogen (secondary N) is 2. The molecule has 0 atom stereocenters. The van der Waals surface area contributed by atoms with E-state index in [1.165, 1.54) is 6.07 Å². The van der Waals surface area contributed by atoms with Gasteiger partial charge < -0.3 is 5.32 Å². The van der Waals surface area contributed by atoms with Crippen molar-refractivity contribution in [2.45, 2.75) is 24.3 Å². The van der Waals surface area contributed by atoms with Crippen LogP contribution >= 0.6 is 0 Å². The number of aromatic nitrogens is 2. The van der Waals surface area contributed by atoms with Crippen LogP contribution in [0.5, 0.6) is 0 Å². The Hall–Kier alpha value is -3.82. The van der Waals surface area contributed by atoms with Crippen molar-refractivity contribution in [3.63, 3.8) is 0 Å². The molecule has 0 aliphatic carbocycles. The first-order valence-corrected chi connectivity index (χ1v) is 12.2. The van der Waals surface area contributed by atoms with E-state index in [0.29, 0.717) is 28.9 Å². The number of hydrogen-bond acceptors (Lipinski definition) is 4. The van der Waals surface area contributed by atoms with Gasteiger partial charge in [-0.2, -0.15) is 5.10 Å². The summed E-state index contributed by atoms with van der Waals surface area (Å²) in [5, 5.41) is 7.25. The molecule has 5 rings (SSSR count). The Kier molecular flexibility index (Phi) is 5.72. The topological polar surface area (TPSA) is 93.1 Å². The van der Waals surface area contributed by atoms with Gasteiger partial charge in [-0.15, -0.1) is 0 Å². The predicted molar refractivity (Wildman–Crippen MR) is 126 cm³/mol. The first-order valence-electron chi connectivity index (χ1n) is 10.7. The largest absolute Gasteiger partial charge is 0.326 e. The maximum atomic E-state index is 14.7. The third-order valence-corrected chi connectivity index (χ3v) is 7.07. The second-order valence-electron chi connectivity index (χ2n) is 7.96. The van der Waals surface area contributed by atoms with Crippen LogP contribution in [-0.2, 0) is 27.8 Å². The van der Waals surface area contributed by atoms with Gasteiger partial charge in [-0.3, -0.25) is 4.79 Å². The summed E-state index contributed by atoms with van der Waals surface area (Å²) in [5.74, 6) is -1.14. The number of halogens is 1. The molecule has 1 aromatic heterocycles. The minimum atomic E-state index is -4.17. The standard InChI is InChI=1S/C25H21FN4O3S/c26-21-14-22-18(11-12-24(31)28-22)13-23(21)34(32,33)27-15-19-16-30(20-9-5-2-6-10-20)29-25(19)17-7-3-1-4-8-17/h1-10,13-14,16,27H,11-12,15H2,(H,28,31). The zero-order chi connectivity index (χ0) is 23.7. The number of amides is 1. The lowest BCUT2D eigenvalue weighted by Gasteiger charge is -2.18. The first kappa shape index (κ1) is 22.0. The van der Waals surface area contributed by atoms with Crippen LogP contribution in [-0.4, -0.2) is 24.1 Å². The van der Waals surface area contributed by atoms with E-state index in [1.807, 2.05) is 60.7 Å².